The fourth-order valence-corrected chi connectivity index (χ4v) is 5.66. The Hall–Kier alpha value is -2.96. The summed E-state index contributed by atoms with van der Waals surface area (Å²) < 4.78 is 84.2. The van der Waals surface area contributed by atoms with E-state index < -0.39 is 27.6 Å². The number of hydrogen-bond donors (Lipinski definition) is 1. The van der Waals surface area contributed by atoms with Crippen molar-refractivity contribution in [3.63, 3.8) is 0 Å². The Labute approximate surface area is 219 Å². The predicted octanol–water partition coefficient (Wildman–Crippen LogP) is 4.14. The maximum absolute atomic E-state index is 14.1. The van der Waals surface area contributed by atoms with Gasteiger partial charge >= 0.3 is 6.18 Å². The van der Waals surface area contributed by atoms with Gasteiger partial charge in [-0.25, -0.2) is 17.5 Å². The Kier molecular flexibility index (Phi) is 8.15. The predicted molar refractivity (Wildman–Crippen MR) is 134 cm³/mol. The van der Waals surface area contributed by atoms with Gasteiger partial charge in [0, 0.05) is 25.2 Å². The number of sulfonamides is 1. The number of nitrogens with zero attached hydrogens (tertiary/aromatic N) is 3. The number of ether oxygens (including phenoxy) is 1. The molecule has 38 heavy (non-hydrogen) atoms. The number of rotatable bonds is 6. The molecule has 7 nitrogen and oxygen atoms in total. The molecular formula is C26H30F4N4O3S. The van der Waals surface area contributed by atoms with E-state index in [1.807, 2.05) is 0 Å². The minimum Gasteiger partial charge on any atom is -0.494 e. The van der Waals surface area contributed by atoms with Gasteiger partial charge in [0.2, 0.25) is 10.0 Å². The van der Waals surface area contributed by atoms with Crippen LogP contribution in [0.25, 0.3) is 0 Å². The maximum Gasteiger partial charge on any atom is 0.416 e. The molecule has 1 saturated heterocycles. The Morgan fingerprint density at radius 1 is 1.18 bits per heavy atom. The number of halogens is 4. The molecule has 1 fully saturated rings. The molecule has 1 aliphatic carbocycles. The zero-order valence-corrected chi connectivity index (χ0v) is 22.1. The van der Waals surface area contributed by atoms with Gasteiger partial charge in [-0.1, -0.05) is 18.2 Å². The third-order valence-electron chi connectivity index (χ3n) is 7.04. The number of aryl methyl sites for hydroxylation is 1. The summed E-state index contributed by atoms with van der Waals surface area (Å²) in [4.78, 5) is 2.53. The van der Waals surface area contributed by atoms with E-state index in [-0.39, 0.29) is 22.6 Å². The fourth-order valence-electron chi connectivity index (χ4n) is 4.95. The highest BCUT2D eigenvalue weighted by atomic mass is 32.2. The van der Waals surface area contributed by atoms with Gasteiger partial charge in [0.1, 0.15) is 4.90 Å². The van der Waals surface area contributed by atoms with Crippen molar-refractivity contribution in [3.8, 4) is 5.75 Å². The molecule has 2 heterocycles. The molecule has 2 atom stereocenters. The van der Waals surface area contributed by atoms with E-state index in [1.54, 1.807) is 19.2 Å². The molecule has 2 unspecified atom stereocenters. The first-order valence-electron chi connectivity index (χ1n) is 12.1. The van der Waals surface area contributed by atoms with E-state index in [4.69, 9.17) is 4.74 Å². The fraction of sp³-hybridized carbons (Fsp3) is 0.423. The molecule has 5 rings (SSSR count). The van der Waals surface area contributed by atoms with Crippen LogP contribution in [0, 0.1) is 5.82 Å². The molecule has 12 heteroatoms. The minimum absolute atomic E-state index is 0.0262. The number of hydrogen-bond acceptors (Lipinski definition) is 5. The molecule has 2 aromatic carbocycles. The van der Waals surface area contributed by atoms with Crippen molar-refractivity contribution in [1.82, 2.24) is 19.4 Å². The Balaban J connectivity index is 0.000000257. The molecule has 0 spiro atoms. The van der Waals surface area contributed by atoms with Gasteiger partial charge in [-0.15, -0.1) is 0 Å². The second-order valence-electron chi connectivity index (χ2n) is 9.41. The highest BCUT2D eigenvalue weighted by molar-refractivity contribution is 7.89. The molecule has 0 saturated carbocycles. The van der Waals surface area contributed by atoms with Gasteiger partial charge in [-0.3, -0.25) is 9.58 Å². The zero-order chi connectivity index (χ0) is 27.7. The van der Waals surface area contributed by atoms with E-state index >= 15 is 0 Å². The second kappa shape index (κ2) is 11.0. The molecule has 0 amide bonds. The van der Waals surface area contributed by atoms with Crippen molar-refractivity contribution in [2.75, 3.05) is 27.2 Å². The third-order valence-corrected chi connectivity index (χ3v) is 8.41. The lowest BCUT2D eigenvalue weighted by atomic mass is 9.88. The van der Waals surface area contributed by atoms with Crippen molar-refractivity contribution in [3.05, 3.63) is 76.9 Å². The van der Waals surface area contributed by atoms with Crippen LogP contribution in [0.1, 0.15) is 34.6 Å². The average molecular weight is 555 g/mol. The van der Waals surface area contributed by atoms with Crippen LogP contribution in [0.5, 0.6) is 5.75 Å². The Morgan fingerprint density at radius 3 is 2.47 bits per heavy atom. The highest BCUT2D eigenvalue weighted by Gasteiger charge is 2.39. The summed E-state index contributed by atoms with van der Waals surface area (Å²) in [6.45, 7) is 1.97. The van der Waals surface area contributed by atoms with E-state index in [0.29, 0.717) is 12.0 Å². The lowest BCUT2D eigenvalue weighted by Crippen LogP contribution is -2.47. The van der Waals surface area contributed by atoms with Crippen LogP contribution in [0.2, 0.25) is 0 Å². The lowest BCUT2D eigenvalue weighted by Gasteiger charge is -2.39. The monoisotopic (exact) mass is 554 g/mol. The van der Waals surface area contributed by atoms with E-state index in [9.17, 15) is 26.0 Å². The van der Waals surface area contributed by atoms with Crippen molar-refractivity contribution in [2.45, 2.75) is 42.3 Å². The molecule has 0 radical (unpaired) electrons. The summed E-state index contributed by atoms with van der Waals surface area (Å²) in [7, 11) is 1.14. The second-order valence-corrected chi connectivity index (χ2v) is 11.3. The minimum atomic E-state index is -4.35. The van der Waals surface area contributed by atoms with Crippen LogP contribution in [-0.2, 0) is 36.1 Å². The smallest absolute Gasteiger partial charge is 0.416 e. The number of benzene rings is 2. The molecular weight excluding hydrogens is 524 g/mol. The maximum atomic E-state index is 14.1. The normalized spacial score (nSPS) is 19.3. The Morgan fingerprint density at radius 2 is 1.92 bits per heavy atom. The molecule has 1 aromatic heterocycles. The molecule has 3 aromatic rings. The van der Waals surface area contributed by atoms with Crippen LogP contribution < -0.4 is 9.46 Å². The number of likely N-dealkylation sites (tertiary alicyclic amines) is 1. The number of alkyl halides is 3. The van der Waals surface area contributed by atoms with Crippen LogP contribution in [0.15, 0.2) is 53.7 Å². The molecule has 206 valence electrons. The van der Waals surface area contributed by atoms with Crippen molar-refractivity contribution >= 4 is 10.0 Å². The van der Waals surface area contributed by atoms with E-state index in [2.05, 4.69) is 14.7 Å². The van der Waals surface area contributed by atoms with Gasteiger partial charge in [0.05, 0.1) is 18.9 Å². The summed E-state index contributed by atoms with van der Waals surface area (Å²) in [5.74, 6) is -0.177. The third kappa shape index (κ3) is 6.02. The van der Waals surface area contributed by atoms with Crippen LogP contribution in [0.3, 0.4) is 0 Å². The summed E-state index contributed by atoms with van der Waals surface area (Å²) >= 11 is 0. The standard InChI is InChI=1S/C21H21F4NO.C5H9N3O2S/c1-27-20-12-16-14(10-18(20)22)11-19(26-6-3-7-26)17(16)9-13-4-2-5-15(8-13)21(23,24)25;1-6-11(9,10)5-3-7-8(2)4-5/h2,4-5,8,10,12,17,19H,3,6-7,9,11H2,1H3;3-4,6H,1-2H3. The summed E-state index contributed by atoms with van der Waals surface area (Å²) in [6.07, 6.45) is 0.720. The quantitative estimate of drug-likeness (QED) is 0.464. The topological polar surface area (TPSA) is 76.5 Å². The van der Waals surface area contributed by atoms with E-state index in [1.165, 1.54) is 49.4 Å². The van der Waals surface area contributed by atoms with Gasteiger partial charge < -0.3 is 4.74 Å². The Bertz CT molecular complexity index is 1390. The number of fused-ring (bicyclic) bond motifs is 1. The van der Waals surface area contributed by atoms with Gasteiger partial charge in [0.25, 0.3) is 0 Å². The van der Waals surface area contributed by atoms with Crippen molar-refractivity contribution in [1.29, 1.82) is 0 Å². The van der Waals surface area contributed by atoms with Crippen molar-refractivity contribution in [2.24, 2.45) is 7.05 Å². The van der Waals surface area contributed by atoms with Crippen molar-refractivity contribution < 1.29 is 30.7 Å². The number of aromatic nitrogens is 2. The van der Waals surface area contributed by atoms with Gasteiger partial charge in [-0.2, -0.15) is 18.3 Å². The zero-order valence-electron chi connectivity index (χ0n) is 21.3. The van der Waals surface area contributed by atoms with Gasteiger partial charge in [0.15, 0.2) is 11.6 Å². The summed E-state index contributed by atoms with van der Waals surface area (Å²) in [6, 6.07) is 8.95. The highest BCUT2D eigenvalue weighted by Crippen LogP contribution is 2.43. The largest absolute Gasteiger partial charge is 0.494 e. The molecule has 0 bridgehead atoms. The first-order chi connectivity index (χ1) is 17.9. The van der Waals surface area contributed by atoms with Crippen LogP contribution >= 0.6 is 0 Å². The first-order valence-corrected chi connectivity index (χ1v) is 13.6. The van der Waals surface area contributed by atoms with Gasteiger partial charge in [-0.05, 0) is 74.3 Å². The summed E-state index contributed by atoms with van der Waals surface area (Å²) in [5.41, 5.74) is 1.94. The molecule has 1 N–H and O–H groups in total. The van der Waals surface area contributed by atoms with Crippen LogP contribution in [-0.4, -0.2) is 56.4 Å². The lowest BCUT2D eigenvalue weighted by molar-refractivity contribution is -0.137. The van der Waals surface area contributed by atoms with E-state index in [0.717, 1.165) is 43.1 Å². The molecule has 1 aliphatic heterocycles. The number of methoxy groups -OCH3 is 1. The summed E-state index contributed by atoms with van der Waals surface area (Å²) in [5, 5.41) is 3.73. The SMILES string of the molecule is CNS(=O)(=O)c1cnn(C)c1.COc1cc2c(cc1F)CC(N1CCC1)C2Cc1cccc(C(F)(F)F)c1. The first kappa shape index (κ1) is 28.1. The molecule has 2 aliphatic rings. The number of nitrogens with one attached hydrogen (secondary N) is 1. The van der Waals surface area contributed by atoms with Crippen LogP contribution in [0.4, 0.5) is 17.6 Å². The average Bonchev–Trinajstić information content (AvgIpc) is 3.42.